The molecule has 0 saturated carbocycles. The predicted octanol–water partition coefficient (Wildman–Crippen LogP) is 3.70. The summed E-state index contributed by atoms with van der Waals surface area (Å²) >= 11 is 0. The molecule has 0 bridgehead atoms. The Balaban J connectivity index is 1.95. The maximum absolute atomic E-state index is 5.41. The zero-order valence-electron chi connectivity index (χ0n) is 14.4. The highest BCUT2D eigenvalue weighted by atomic mass is 16.5. The van der Waals surface area contributed by atoms with Gasteiger partial charge in [-0.3, -0.25) is 9.97 Å². The lowest BCUT2D eigenvalue weighted by Crippen LogP contribution is -2.23. The predicted molar refractivity (Wildman–Crippen MR) is 97.9 cm³/mol. The Labute approximate surface area is 147 Å². The van der Waals surface area contributed by atoms with Crippen molar-refractivity contribution in [3.8, 4) is 11.5 Å². The van der Waals surface area contributed by atoms with E-state index in [1.807, 2.05) is 54.6 Å². The second-order valence-corrected chi connectivity index (χ2v) is 5.57. The first kappa shape index (κ1) is 16.8. The molecule has 0 radical (unpaired) electrons. The maximum atomic E-state index is 5.41. The SMILES string of the molecule is COc1cc(OC)cc(N(Cc2ccccn2)Cc2ccccn2)c1. The summed E-state index contributed by atoms with van der Waals surface area (Å²) in [6.45, 7) is 1.32. The molecule has 2 heterocycles. The first-order valence-electron chi connectivity index (χ1n) is 8.06. The fraction of sp³-hybridized carbons (Fsp3) is 0.200. The summed E-state index contributed by atoms with van der Waals surface area (Å²) < 4.78 is 10.8. The van der Waals surface area contributed by atoms with Crippen LogP contribution in [0.1, 0.15) is 11.4 Å². The molecule has 0 aliphatic carbocycles. The first-order chi connectivity index (χ1) is 12.3. The molecule has 0 N–H and O–H groups in total. The monoisotopic (exact) mass is 335 g/mol. The molecule has 0 unspecified atom stereocenters. The topological polar surface area (TPSA) is 47.5 Å². The van der Waals surface area contributed by atoms with Gasteiger partial charge in [0.2, 0.25) is 0 Å². The van der Waals surface area contributed by atoms with Crippen LogP contribution >= 0.6 is 0 Å². The molecule has 0 spiro atoms. The third-order valence-corrected chi connectivity index (χ3v) is 3.86. The van der Waals surface area contributed by atoms with Crippen LogP contribution in [0.4, 0.5) is 5.69 Å². The van der Waals surface area contributed by atoms with Gasteiger partial charge in [-0.05, 0) is 24.3 Å². The Morgan fingerprint density at radius 2 is 1.28 bits per heavy atom. The number of nitrogens with zero attached hydrogens (tertiary/aromatic N) is 3. The lowest BCUT2D eigenvalue weighted by Gasteiger charge is -2.25. The number of pyridine rings is 2. The van der Waals surface area contributed by atoms with E-state index >= 15 is 0 Å². The van der Waals surface area contributed by atoms with E-state index in [0.717, 1.165) is 28.6 Å². The molecule has 0 atom stereocenters. The van der Waals surface area contributed by atoms with Gasteiger partial charge in [-0.15, -0.1) is 0 Å². The van der Waals surface area contributed by atoms with Crippen LogP contribution in [-0.4, -0.2) is 24.2 Å². The van der Waals surface area contributed by atoms with Crippen molar-refractivity contribution >= 4 is 5.69 Å². The van der Waals surface area contributed by atoms with Gasteiger partial charge in [-0.2, -0.15) is 0 Å². The van der Waals surface area contributed by atoms with Crippen LogP contribution < -0.4 is 14.4 Å². The van der Waals surface area contributed by atoms with Crippen LogP contribution in [0, 0.1) is 0 Å². The Kier molecular flexibility index (Phi) is 5.46. The second-order valence-electron chi connectivity index (χ2n) is 5.57. The third-order valence-electron chi connectivity index (χ3n) is 3.86. The number of aromatic nitrogens is 2. The molecule has 0 aliphatic rings. The molecule has 3 rings (SSSR count). The minimum absolute atomic E-state index is 0.660. The van der Waals surface area contributed by atoms with Crippen LogP contribution in [-0.2, 0) is 13.1 Å². The Bertz CT molecular complexity index is 731. The van der Waals surface area contributed by atoms with E-state index in [-0.39, 0.29) is 0 Å². The van der Waals surface area contributed by atoms with Crippen molar-refractivity contribution in [2.45, 2.75) is 13.1 Å². The summed E-state index contributed by atoms with van der Waals surface area (Å²) in [6, 6.07) is 17.7. The summed E-state index contributed by atoms with van der Waals surface area (Å²) in [7, 11) is 3.31. The van der Waals surface area contributed by atoms with E-state index in [9.17, 15) is 0 Å². The van der Waals surface area contributed by atoms with Gasteiger partial charge in [0.1, 0.15) is 11.5 Å². The van der Waals surface area contributed by atoms with Crippen LogP contribution in [0.25, 0.3) is 0 Å². The second kappa shape index (κ2) is 8.15. The van der Waals surface area contributed by atoms with Crippen LogP contribution in [0.5, 0.6) is 11.5 Å². The number of anilines is 1. The minimum atomic E-state index is 0.660. The van der Waals surface area contributed by atoms with Gasteiger partial charge in [0.05, 0.1) is 38.7 Å². The number of rotatable bonds is 7. The van der Waals surface area contributed by atoms with Gasteiger partial charge in [0, 0.05) is 36.3 Å². The highest BCUT2D eigenvalue weighted by Gasteiger charge is 2.13. The van der Waals surface area contributed by atoms with E-state index in [1.165, 1.54) is 0 Å². The molecular weight excluding hydrogens is 314 g/mol. The van der Waals surface area contributed by atoms with Crippen LogP contribution in [0.2, 0.25) is 0 Å². The average Bonchev–Trinajstić information content (AvgIpc) is 2.68. The van der Waals surface area contributed by atoms with Crippen molar-refractivity contribution in [1.82, 2.24) is 9.97 Å². The number of methoxy groups -OCH3 is 2. The van der Waals surface area contributed by atoms with Crippen molar-refractivity contribution in [2.75, 3.05) is 19.1 Å². The summed E-state index contributed by atoms with van der Waals surface area (Å²) in [6.07, 6.45) is 3.61. The number of ether oxygens (including phenoxy) is 2. The first-order valence-corrected chi connectivity index (χ1v) is 8.06. The maximum Gasteiger partial charge on any atom is 0.124 e. The Morgan fingerprint density at radius 3 is 1.68 bits per heavy atom. The van der Waals surface area contributed by atoms with Crippen molar-refractivity contribution < 1.29 is 9.47 Å². The van der Waals surface area contributed by atoms with Crippen molar-refractivity contribution in [2.24, 2.45) is 0 Å². The molecule has 128 valence electrons. The highest BCUT2D eigenvalue weighted by Crippen LogP contribution is 2.30. The van der Waals surface area contributed by atoms with Gasteiger partial charge < -0.3 is 14.4 Å². The normalized spacial score (nSPS) is 10.3. The molecule has 5 heteroatoms. The van der Waals surface area contributed by atoms with Crippen LogP contribution in [0.3, 0.4) is 0 Å². The lowest BCUT2D eigenvalue weighted by molar-refractivity contribution is 0.394. The van der Waals surface area contributed by atoms with E-state index < -0.39 is 0 Å². The van der Waals surface area contributed by atoms with Crippen molar-refractivity contribution in [1.29, 1.82) is 0 Å². The summed E-state index contributed by atoms with van der Waals surface area (Å²) in [5.41, 5.74) is 2.97. The van der Waals surface area contributed by atoms with Gasteiger partial charge in [0.15, 0.2) is 0 Å². The van der Waals surface area contributed by atoms with Gasteiger partial charge in [-0.25, -0.2) is 0 Å². The number of hydrogen-bond acceptors (Lipinski definition) is 5. The van der Waals surface area contributed by atoms with E-state index in [1.54, 1.807) is 26.6 Å². The molecule has 0 aliphatic heterocycles. The fourth-order valence-electron chi connectivity index (χ4n) is 2.59. The molecule has 0 fully saturated rings. The smallest absolute Gasteiger partial charge is 0.124 e. The summed E-state index contributed by atoms with van der Waals surface area (Å²) in [4.78, 5) is 11.1. The van der Waals surface area contributed by atoms with Crippen LogP contribution in [0.15, 0.2) is 67.0 Å². The van der Waals surface area contributed by atoms with E-state index in [0.29, 0.717) is 13.1 Å². The molecule has 5 nitrogen and oxygen atoms in total. The molecule has 25 heavy (non-hydrogen) atoms. The minimum Gasteiger partial charge on any atom is -0.497 e. The molecule has 0 saturated heterocycles. The molecule has 3 aromatic rings. The molecular formula is C20H21N3O2. The Morgan fingerprint density at radius 1 is 0.760 bits per heavy atom. The Hall–Kier alpha value is -3.08. The van der Waals surface area contributed by atoms with E-state index in [2.05, 4.69) is 14.9 Å². The molecule has 1 aromatic carbocycles. The number of benzene rings is 1. The van der Waals surface area contributed by atoms with Crippen molar-refractivity contribution in [3.05, 3.63) is 78.4 Å². The zero-order chi connectivity index (χ0) is 17.5. The third kappa shape index (κ3) is 4.47. The zero-order valence-corrected chi connectivity index (χ0v) is 14.4. The average molecular weight is 335 g/mol. The summed E-state index contributed by atoms with van der Waals surface area (Å²) in [5, 5.41) is 0. The molecule has 0 amide bonds. The van der Waals surface area contributed by atoms with E-state index in [4.69, 9.17) is 9.47 Å². The fourth-order valence-corrected chi connectivity index (χ4v) is 2.59. The largest absolute Gasteiger partial charge is 0.497 e. The van der Waals surface area contributed by atoms with Gasteiger partial charge in [-0.1, -0.05) is 12.1 Å². The van der Waals surface area contributed by atoms with Gasteiger partial charge in [0.25, 0.3) is 0 Å². The number of hydrogen-bond donors (Lipinski definition) is 0. The van der Waals surface area contributed by atoms with Gasteiger partial charge >= 0.3 is 0 Å². The standard InChI is InChI=1S/C20H21N3O2/c1-24-19-11-18(12-20(13-19)25-2)23(14-16-7-3-5-9-21-16)15-17-8-4-6-10-22-17/h3-13H,14-15H2,1-2H3. The lowest BCUT2D eigenvalue weighted by atomic mass is 10.2. The summed E-state index contributed by atoms with van der Waals surface area (Å²) in [5.74, 6) is 1.50. The van der Waals surface area contributed by atoms with Crippen molar-refractivity contribution in [3.63, 3.8) is 0 Å². The quantitative estimate of drug-likeness (QED) is 0.659. The molecule has 2 aromatic heterocycles. The highest BCUT2D eigenvalue weighted by molar-refractivity contribution is 5.56.